The minimum absolute atomic E-state index is 0.00914. The van der Waals surface area contributed by atoms with Crippen LogP contribution in [0.1, 0.15) is 82.1 Å². The summed E-state index contributed by atoms with van der Waals surface area (Å²) in [5.41, 5.74) is 3.04. The second kappa shape index (κ2) is 32.4. The number of likely N-dealkylation sites (tertiary alicyclic amines) is 1. The smallest absolute Gasteiger partial charge is 0.246 e. The Morgan fingerprint density at radius 2 is 1.37 bits per heavy atom. The number of H-pyrrole nitrogens is 1. The van der Waals surface area contributed by atoms with E-state index in [-0.39, 0.29) is 73.3 Å². The lowest BCUT2D eigenvalue weighted by Gasteiger charge is -2.37. The van der Waals surface area contributed by atoms with E-state index in [2.05, 4.69) is 38.1 Å². The van der Waals surface area contributed by atoms with Crippen molar-refractivity contribution < 1.29 is 57.4 Å². The number of thioether (sulfide) groups is 1. The predicted octanol–water partition coefficient (Wildman–Crippen LogP) is 5.27. The average Bonchev–Trinajstić information content (AvgIpc) is 1.97. The van der Waals surface area contributed by atoms with Crippen LogP contribution in [0.25, 0.3) is 10.9 Å². The number of phenolic OH excluding ortho intramolecular Hbond substituents is 1. The van der Waals surface area contributed by atoms with Crippen LogP contribution in [0.4, 0.5) is 8.78 Å². The molecule has 5 aromatic rings. The second-order valence-electron chi connectivity index (χ2n) is 22.5. The van der Waals surface area contributed by atoms with Crippen LogP contribution in [-0.4, -0.2) is 164 Å². The number of rotatable bonds is 32. The molecule has 0 radical (unpaired) electrons. The van der Waals surface area contributed by atoms with Gasteiger partial charge in [-0.05, 0) is 84.7 Å². The second-order valence-corrected chi connectivity index (χ2v) is 23.5. The third-order valence-corrected chi connectivity index (χ3v) is 16.5. The maximum absolute atomic E-state index is 14.9. The van der Waals surface area contributed by atoms with E-state index in [1.807, 2.05) is 45.0 Å². The number of likely N-dealkylation sites (N-methyl/N-ethyl adjacent to an activating group) is 2. The minimum atomic E-state index is -1.40. The molecule has 1 aromatic heterocycles. The van der Waals surface area contributed by atoms with Crippen LogP contribution in [0.15, 0.2) is 116 Å². The van der Waals surface area contributed by atoms with Crippen molar-refractivity contribution in [3.63, 3.8) is 0 Å². The van der Waals surface area contributed by atoms with Gasteiger partial charge >= 0.3 is 0 Å². The monoisotopic (exact) mass is 1210 g/mol. The molecule has 1 fully saturated rings. The van der Waals surface area contributed by atoms with Crippen LogP contribution >= 0.6 is 11.8 Å². The van der Waals surface area contributed by atoms with Gasteiger partial charge in [0.15, 0.2) is 11.6 Å². The SMILES string of the molecule is C=C[C@H]1C[C@H](O)CN1C(=O)[C@H](CCCC)N(C)C(=O)[C@H](Cc1ccccc1)N(C)C(=O)[C@H](Cc1ccc(F)c(F)c1)NC(=O)CSC[C@@H](C)NC(=O)[C@H](CC(C)C)NC(=O)[C@H](Cc1ccc(O)cc1)NC(=O)[C@H](Cc1c[nH]c2ccccc12)NC=O. The number of β-amino-alcohol motifs (C(OH)–C–C–N with tert-alkyl or cyclic N) is 1. The van der Waals surface area contributed by atoms with Crippen molar-refractivity contribution in [3.8, 4) is 5.75 Å². The van der Waals surface area contributed by atoms with Crippen molar-refractivity contribution in [2.24, 2.45) is 5.92 Å². The maximum atomic E-state index is 14.9. The number of aromatic hydroxyl groups is 1. The van der Waals surface area contributed by atoms with Gasteiger partial charge in [0.25, 0.3) is 0 Å². The molecule has 0 bridgehead atoms. The van der Waals surface area contributed by atoms with Gasteiger partial charge < -0.3 is 56.5 Å². The summed E-state index contributed by atoms with van der Waals surface area (Å²) >= 11 is 1.12. The third-order valence-electron chi connectivity index (χ3n) is 15.3. The lowest BCUT2D eigenvalue weighted by Crippen LogP contribution is -2.59. The molecule has 0 unspecified atom stereocenters. The molecule has 0 spiro atoms. The van der Waals surface area contributed by atoms with Gasteiger partial charge in [-0.2, -0.15) is 0 Å². The largest absolute Gasteiger partial charge is 0.508 e. The summed E-state index contributed by atoms with van der Waals surface area (Å²) in [4.78, 5) is 119. The zero-order valence-corrected chi connectivity index (χ0v) is 50.4. The number of aromatic nitrogens is 1. The van der Waals surface area contributed by atoms with Crippen LogP contribution in [0.3, 0.4) is 0 Å². The predicted molar refractivity (Wildman–Crippen MR) is 326 cm³/mol. The number of para-hydroxylation sites is 1. The molecule has 1 aliphatic rings. The number of benzene rings is 4. The number of unbranched alkanes of at least 4 members (excludes halogenated alkanes) is 1. The van der Waals surface area contributed by atoms with Gasteiger partial charge in [0.1, 0.15) is 42.0 Å². The number of phenols is 1. The topological polar surface area (TPSA) is 263 Å². The molecule has 0 saturated carbocycles. The van der Waals surface area contributed by atoms with E-state index in [0.717, 1.165) is 46.8 Å². The number of carbonyl (C=O) groups excluding carboxylic acids is 8. The molecule has 86 heavy (non-hydrogen) atoms. The summed E-state index contributed by atoms with van der Waals surface area (Å²) in [6.45, 7) is 11.3. The van der Waals surface area contributed by atoms with E-state index < -0.39 is 102 Å². The molecule has 0 aliphatic carbocycles. The lowest BCUT2D eigenvalue weighted by molar-refractivity contribution is -0.151. The number of nitrogens with one attached hydrogen (secondary N) is 6. The van der Waals surface area contributed by atoms with Gasteiger partial charge in [0, 0.05) is 75.2 Å². The van der Waals surface area contributed by atoms with Crippen molar-refractivity contribution in [3.05, 3.63) is 150 Å². The van der Waals surface area contributed by atoms with Crippen molar-refractivity contribution in [2.75, 3.05) is 32.1 Å². The van der Waals surface area contributed by atoms with Crippen LogP contribution in [-0.2, 0) is 64.0 Å². The number of aliphatic hydroxyl groups is 1. The van der Waals surface area contributed by atoms with Gasteiger partial charge in [0.2, 0.25) is 47.8 Å². The van der Waals surface area contributed by atoms with Gasteiger partial charge in [0.05, 0.1) is 17.9 Å². The van der Waals surface area contributed by atoms with Gasteiger partial charge in [-0.25, -0.2) is 8.78 Å². The highest BCUT2D eigenvalue weighted by atomic mass is 32.2. The number of aliphatic hydroxyl groups excluding tert-OH is 1. The minimum Gasteiger partial charge on any atom is -0.508 e. The van der Waals surface area contributed by atoms with Crippen molar-refractivity contribution in [1.82, 2.24) is 46.3 Å². The highest BCUT2D eigenvalue weighted by Gasteiger charge is 2.42. The van der Waals surface area contributed by atoms with Crippen LogP contribution < -0.4 is 26.6 Å². The first-order chi connectivity index (χ1) is 41.1. The number of halogens is 2. The number of hydrogen-bond donors (Lipinski definition) is 8. The summed E-state index contributed by atoms with van der Waals surface area (Å²) in [6.07, 6.45) is 4.86. The molecular formula is C64H81F2N9O10S. The maximum Gasteiger partial charge on any atom is 0.246 e. The average molecular weight is 1210 g/mol. The molecule has 4 aromatic carbocycles. The standard InChI is InChI=1S/C64H81F2N9O10S/c1-8-10-20-56(64(85)75-35-47(78)33-45(75)9-2)73(6)63(84)57(31-41-16-12-11-13-17-41)74(7)62(83)55(30-43-23-26-49(65)50(66)28-43)70-58(79)37-86-36-40(5)69-60(81)53(27-39(3)4)71-61(82)54(29-42-21-24-46(77)25-22-42)72-59(80)52(68-38-76)32-44-34-67-51-19-15-14-18-48(44)51/h9,11-19,21-26,28,34,38-40,45,47,52-57,67,77-78H,2,8,10,20,27,29-33,35-37H2,1,3-7H3,(H,68,76)(H,69,81)(H,70,79)(H,71,82)(H,72,80)/t40-,45+,47+,52+,53+,54+,55+,56+,57+/m1/s1. The summed E-state index contributed by atoms with van der Waals surface area (Å²) in [5, 5.41) is 35.2. The van der Waals surface area contributed by atoms with Gasteiger partial charge in [-0.15, -0.1) is 18.3 Å². The molecule has 8 N–H and O–H groups in total. The van der Waals surface area contributed by atoms with Crippen molar-refractivity contribution >= 4 is 70.4 Å². The first kappa shape index (κ1) is 67.0. The lowest BCUT2D eigenvalue weighted by atomic mass is 9.99. The van der Waals surface area contributed by atoms with E-state index in [9.17, 15) is 57.4 Å². The molecule has 9 atom stereocenters. The Balaban J connectivity index is 1.14. The fourth-order valence-corrected chi connectivity index (χ4v) is 11.4. The van der Waals surface area contributed by atoms with E-state index in [4.69, 9.17) is 0 Å². The molecule has 8 amide bonds. The Hall–Kier alpha value is -8.11. The first-order valence-electron chi connectivity index (χ1n) is 29.0. The fourth-order valence-electron chi connectivity index (χ4n) is 10.6. The highest BCUT2D eigenvalue weighted by Crippen LogP contribution is 2.25. The number of carbonyl (C=O) groups is 8. The fraction of sp³-hybridized carbons (Fsp3) is 0.438. The summed E-state index contributed by atoms with van der Waals surface area (Å²) in [7, 11) is 2.92. The van der Waals surface area contributed by atoms with Crippen molar-refractivity contribution in [2.45, 2.75) is 140 Å². The van der Waals surface area contributed by atoms with E-state index in [0.29, 0.717) is 36.8 Å². The number of aromatic amines is 1. The summed E-state index contributed by atoms with van der Waals surface area (Å²) < 4.78 is 28.9. The van der Waals surface area contributed by atoms with Gasteiger partial charge in [-0.1, -0.05) is 106 Å². The van der Waals surface area contributed by atoms with E-state index in [1.165, 1.54) is 47.0 Å². The molecule has 6 rings (SSSR count). The third kappa shape index (κ3) is 18.9. The quantitative estimate of drug-likeness (QED) is 0.0203. The Morgan fingerprint density at radius 1 is 0.744 bits per heavy atom. The number of nitrogens with zero attached hydrogens (tertiary/aromatic N) is 3. The number of hydrogen-bond acceptors (Lipinski definition) is 11. The zero-order valence-electron chi connectivity index (χ0n) is 49.6. The first-order valence-corrected chi connectivity index (χ1v) is 30.2. The normalized spacial score (nSPS) is 16.4. The number of fused-ring (bicyclic) bond motifs is 1. The Labute approximate surface area is 505 Å². The summed E-state index contributed by atoms with van der Waals surface area (Å²) in [5.74, 6) is -6.61. The Morgan fingerprint density at radius 3 is 2.05 bits per heavy atom. The van der Waals surface area contributed by atoms with E-state index in [1.54, 1.807) is 61.7 Å². The molecule has 462 valence electrons. The zero-order chi connectivity index (χ0) is 62.6. The molecule has 22 heteroatoms. The molecule has 1 saturated heterocycles. The summed E-state index contributed by atoms with van der Waals surface area (Å²) in [6, 6.07) is 17.6. The Kier molecular flexibility index (Phi) is 25.3. The van der Waals surface area contributed by atoms with E-state index >= 15 is 0 Å². The Bertz CT molecular complexity index is 3130. The van der Waals surface area contributed by atoms with Crippen LogP contribution in [0.2, 0.25) is 0 Å². The molecule has 2 heterocycles. The number of amides is 8. The van der Waals surface area contributed by atoms with Crippen LogP contribution in [0.5, 0.6) is 5.75 Å². The molecule has 19 nitrogen and oxygen atoms in total. The highest BCUT2D eigenvalue weighted by molar-refractivity contribution is 8.00. The van der Waals surface area contributed by atoms with Crippen LogP contribution in [0, 0.1) is 17.6 Å². The van der Waals surface area contributed by atoms with Gasteiger partial charge in [-0.3, -0.25) is 38.4 Å². The molecule has 1 aliphatic heterocycles. The molecular weight excluding hydrogens is 1120 g/mol. The van der Waals surface area contributed by atoms with Crippen molar-refractivity contribution in [1.29, 1.82) is 0 Å².